The van der Waals surface area contributed by atoms with Crippen LogP contribution in [0.2, 0.25) is 0 Å². The Morgan fingerprint density at radius 1 is 1.40 bits per heavy atom. The Hall–Kier alpha value is -2.90. The maximum absolute atomic E-state index is 10.9. The molecule has 0 spiro atoms. The SMILES string of the molecule is CCOc1cccc(Oc2nc(N)ncc2[N+](=O)[O-])c1. The minimum Gasteiger partial charge on any atom is -0.494 e. The average molecular weight is 276 g/mol. The van der Waals surface area contributed by atoms with Gasteiger partial charge >= 0.3 is 11.6 Å². The predicted molar refractivity (Wildman–Crippen MR) is 70.8 cm³/mol. The molecule has 2 N–H and O–H groups in total. The van der Waals surface area contributed by atoms with Gasteiger partial charge in [-0.1, -0.05) is 6.07 Å². The van der Waals surface area contributed by atoms with Gasteiger partial charge in [0.2, 0.25) is 5.95 Å². The maximum atomic E-state index is 10.9. The van der Waals surface area contributed by atoms with Crippen LogP contribution >= 0.6 is 0 Å². The van der Waals surface area contributed by atoms with Crippen molar-refractivity contribution >= 4 is 11.6 Å². The van der Waals surface area contributed by atoms with E-state index in [4.69, 9.17) is 15.2 Å². The van der Waals surface area contributed by atoms with Crippen LogP contribution in [0.4, 0.5) is 11.6 Å². The molecule has 104 valence electrons. The zero-order chi connectivity index (χ0) is 14.5. The number of nitrogens with zero attached hydrogens (tertiary/aromatic N) is 3. The van der Waals surface area contributed by atoms with Crippen LogP contribution in [0.1, 0.15) is 6.92 Å². The molecule has 0 saturated heterocycles. The van der Waals surface area contributed by atoms with Crippen LogP contribution < -0.4 is 15.2 Å². The predicted octanol–water partition coefficient (Wildman–Crippen LogP) is 2.16. The van der Waals surface area contributed by atoms with Gasteiger partial charge < -0.3 is 15.2 Å². The van der Waals surface area contributed by atoms with Crippen molar-refractivity contribution in [2.75, 3.05) is 12.3 Å². The Bertz CT molecular complexity index is 633. The van der Waals surface area contributed by atoms with E-state index in [0.717, 1.165) is 6.20 Å². The lowest BCUT2D eigenvalue weighted by molar-refractivity contribution is -0.386. The van der Waals surface area contributed by atoms with E-state index in [-0.39, 0.29) is 17.5 Å². The number of hydrogen-bond acceptors (Lipinski definition) is 7. The van der Waals surface area contributed by atoms with E-state index in [0.29, 0.717) is 18.1 Å². The van der Waals surface area contributed by atoms with Gasteiger partial charge in [0.05, 0.1) is 11.5 Å². The van der Waals surface area contributed by atoms with E-state index in [1.54, 1.807) is 24.3 Å². The summed E-state index contributed by atoms with van der Waals surface area (Å²) < 4.78 is 10.7. The molecular weight excluding hydrogens is 264 g/mol. The third-order valence-corrected chi connectivity index (χ3v) is 2.28. The molecule has 0 fully saturated rings. The highest BCUT2D eigenvalue weighted by Crippen LogP contribution is 2.30. The lowest BCUT2D eigenvalue weighted by atomic mass is 10.3. The van der Waals surface area contributed by atoms with E-state index >= 15 is 0 Å². The van der Waals surface area contributed by atoms with E-state index < -0.39 is 4.92 Å². The quantitative estimate of drug-likeness (QED) is 0.657. The normalized spacial score (nSPS) is 10.1. The number of aromatic nitrogens is 2. The van der Waals surface area contributed by atoms with E-state index in [2.05, 4.69) is 9.97 Å². The number of anilines is 1. The number of nitrogens with two attached hydrogens (primary N) is 1. The topological polar surface area (TPSA) is 113 Å². The molecule has 0 aliphatic heterocycles. The molecule has 2 rings (SSSR count). The van der Waals surface area contributed by atoms with E-state index in [1.165, 1.54) is 0 Å². The van der Waals surface area contributed by atoms with Gasteiger partial charge in [-0.15, -0.1) is 0 Å². The van der Waals surface area contributed by atoms with Crippen LogP contribution in [0, 0.1) is 10.1 Å². The van der Waals surface area contributed by atoms with Crippen molar-refractivity contribution in [1.29, 1.82) is 0 Å². The first kappa shape index (κ1) is 13.5. The molecule has 20 heavy (non-hydrogen) atoms. The van der Waals surface area contributed by atoms with Crippen molar-refractivity contribution in [3.8, 4) is 17.4 Å². The Labute approximate surface area is 114 Å². The maximum Gasteiger partial charge on any atom is 0.349 e. The monoisotopic (exact) mass is 276 g/mol. The Kier molecular flexibility index (Phi) is 3.94. The summed E-state index contributed by atoms with van der Waals surface area (Å²) in [5.41, 5.74) is 5.05. The molecule has 0 saturated carbocycles. The first-order valence-corrected chi connectivity index (χ1v) is 5.77. The first-order chi connectivity index (χ1) is 9.60. The summed E-state index contributed by atoms with van der Waals surface area (Å²) >= 11 is 0. The largest absolute Gasteiger partial charge is 0.494 e. The van der Waals surface area contributed by atoms with Gasteiger partial charge in [-0.2, -0.15) is 4.98 Å². The third kappa shape index (κ3) is 3.10. The summed E-state index contributed by atoms with van der Waals surface area (Å²) in [7, 11) is 0. The number of nitrogen functional groups attached to an aromatic ring is 1. The fraction of sp³-hybridized carbons (Fsp3) is 0.167. The van der Waals surface area contributed by atoms with Gasteiger partial charge in [-0.25, -0.2) is 4.98 Å². The molecule has 0 aliphatic rings. The minimum absolute atomic E-state index is 0.105. The van der Waals surface area contributed by atoms with Gasteiger partial charge in [-0.3, -0.25) is 10.1 Å². The number of nitro groups is 1. The molecule has 0 atom stereocenters. The van der Waals surface area contributed by atoms with E-state index in [9.17, 15) is 10.1 Å². The van der Waals surface area contributed by atoms with Crippen LogP contribution in [0.25, 0.3) is 0 Å². The number of ether oxygens (including phenoxy) is 2. The highest BCUT2D eigenvalue weighted by atomic mass is 16.6. The van der Waals surface area contributed by atoms with Crippen LogP contribution in [0.5, 0.6) is 17.4 Å². The molecule has 8 heteroatoms. The van der Waals surface area contributed by atoms with Crippen molar-refractivity contribution in [2.24, 2.45) is 0 Å². The molecule has 0 unspecified atom stereocenters. The molecule has 2 aromatic rings. The first-order valence-electron chi connectivity index (χ1n) is 5.77. The highest BCUT2D eigenvalue weighted by molar-refractivity contribution is 5.45. The molecule has 0 bridgehead atoms. The van der Waals surface area contributed by atoms with Crippen molar-refractivity contribution in [1.82, 2.24) is 9.97 Å². The van der Waals surface area contributed by atoms with Crippen LogP contribution in [0.3, 0.4) is 0 Å². The van der Waals surface area contributed by atoms with Crippen LogP contribution in [0.15, 0.2) is 30.5 Å². The van der Waals surface area contributed by atoms with Gasteiger partial charge in [0.15, 0.2) is 0 Å². The molecular formula is C12H12N4O4. The highest BCUT2D eigenvalue weighted by Gasteiger charge is 2.19. The summed E-state index contributed by atoms with van der Waals surface area (Å²) in [5, 5.41) is 10.9. The van der Waals surface area contributed by atoms with Crippen LogP contribution in [-0.4, -0.2) is 21.5 Å². The zero-order valence-electron chi connectivity index (χ0n) is 10.6. The zero-order valence-corrected chi connectivity index (χ0v) is 10.6. The summed E-state index contributed by atoms with van der Waals surface area (Å²) in [4.78, 5) is 17.5. The molecule has 0 aliphatic carbocycles. The summed E-state index contributed by atoms with van der Waals surface area (Å²) in [6.07, 6.45) is 1.00. The van der Waals surface area contributed by atoms with Gasteiger partial charge in [0, 0.05) is 6.07 Å². The van der Waals surface area contributed by atoms with Gasteiger partial charge in [-0.05, 0) is 19.1 Å². The molecule has 0 radical (unpaired) electrons. The van der Waals surface area contributed by atoms with Crippen molar-refractivity contribution < 1.29 is 14.4 Å². The van der Waals surface area contributed by atoms with Crippen molar-refractivity contribution in [3.05, 3.63) is 40.6 Å². The summed E-state index contributed by atoms with van der Waals surface area (Å²) in [6.45, 7) is 2.35. The second-order valence-corrected chi connectivity index (χ2v) is 3.69. The second-order valence-electron chi connectivity index (χ2n) is 3.69. The molecule has 1 heterocycles. The second kappa shape index (κ2) is 5.83. The molecule has 1 aromatic heterocycles. The van der Waals surface area contributed by atoms with Crippen molar-refractivity contribution in [3.63, 3.8) is 0 Å². The number of rotatable bonds is 5. The Morgan fingerprint density at radius 3 is 2.85 bits per heavy atom. The number of benzene rings is 1. The smallest absolute Gasteiger partial charge is 0.349 e. The summed E-state index contributed by atoms with van der Waals surface area (Å²) in [6, 6.07) is 6.69. The van der Waals surface area contributed by atoms with Crippen LogP contribution in [-0.2, 0) is 0 Å². The summed E-state index contributed by atoms with van der Waals surface area (Å²) in [5.74, 6) is 0.634. The van der Waals surface area contributed by atoms with Crippen molar-refractivity contribution in [2.45, 2.75) is 6.92 Å². The Morgan fingerprint density at radius 2 is 2.15 bits per heavy atom. The van der Waals surface area contributed by atoms with Gasteiger partial charge in [0.25, 0.3) is 0 Å². The lowest BCUT2D eigenvalue weighted by Crippen LogP contribution is -2.01. The third-order valence-electron chi connectivity index (χ3n) is 2.28. The average Bonchev–Trinajstić information content (AvgIpc) is 2.39. The minimum atomic E-state index is -0.638. The number of hydrogen-bond donors (Lipinski definition) is 1. The lowest BCUT2D eigenvalue weighted by Gasteiger charge is -2.07. The molecule has 0 amide bonds. The fourth-order valence-corrected chi connectivity index (χ4v) is 1.48. The van der Waals surface area contributed by atoms with Gasteiger partial charge in [0.1, 0.15) is 17.7 Å². The molecule has 8 nitrogen and oxygen atoms in total. The van der Waals surface area contributed by atoms with E-state index in [1.807, 2.05) is 6.92 Å². The fourth-order valence-electron chi connectivity index (χ4n) is 1.48. The standard InChI is InChI=1S/C12H12N4O4/c1-2-19-8-4-3-5-9(6-8)20-11-10(16(17)18)7-14-12(13)15-11/h3-7H,2H2,1H3,(H2,13,14,15). The Balaban J connectivity index is 2.31. The molecule has 1 aromatic carbocycles.